The molecule has 86 valence electrons. The third-order valence-corrected chi connectivity index (χ3v) is 3.91. The maximum Gasteiger partial charge on any atom is 0.224 e. The summed E-state index contributed by atoms with van der Waals surface area (Å²) in [4.78, 5) is 0. The second kappa shape index (κ2) is 3.74. The first-order valence-electron chi connectivity index (χ1n) is 6.22. The lowest BCUT2D eigenvalue weighted by Gasteiger charge is -2.26. The smallest absolute Gasteiger partial charge is 0.224 e. The van der Waals surface area contributed by atoms with Crippen LogP contribution < -0.4 is 4.73 Å². The van der Waals surface area contributed by atoms with Gasteiger partial charge in [-0.2, -0.15) is 4.73 Å². The molecule has 0 fully saturated rings. The predicted octanol–water partition coefficient (Wildman–Crippen LogP) is 1.57. The zero-order valence-corrected chi connectivity index (χ0v) is 9.41. The molecule has 16 heavy (non-hydrogen) atoms. The number of hydrogen-bond acceptors (Lipinski definition) is 2. The van der Waals surface area contributed by atoms with Gasteiger partial charge in [-0.1, -0.05) is 0 Å². The molecule has 0 spiro atoms. The Morgan fingerprint density at radius 1 is 1.12 bits per heavy atom. The Hall–Kier alpha value is -1.09. The van der Waals surface area contributed by atoms with Crippen LogP contribution in [0.25, 0.3) is 0 Å². The predicted molar refractivity (Wildman–Crippen MR) is 59.9 cm³/mol. The van der Waals surface area contributed by atoms with Crippen molar-refractivity contribution in [3.05, 3.63) is 33.8 Å². The van der Waals surface area contributed by atoms with Crippen molar-refractivity contribution < 1.29 is 9.84 Å². The van der Waals surface area contributed by atoms with Gasteiger partial charge >= 0.3 is 0 Å². The molecule has 1 heterocycles. The number of aromatic nitrogens is 1. The van der Waals surface area contributed by atoms with Crippen LogP contribution in [0.15, 0.2) is 6.20 Å². The van der Waals surface area contributed by atoms with E-state index in [9.17, 15) is 10.3 Å². The number of nitrogens with zero attached hydrogens (tertiary/aromatic N) is 1. The van der Waals surface area contributed by atoms with Crippen molar-refractivity contribution in [3.8, 4) is 0 Å². The van der Waals surface area contributed by atoms with E-state index in [1.165, 1.54) is 24.0 Å². The van der Waals surface area contributed by atoms with E-state index in [4.69, 9.17) is 0 Å². The number of rotatable bonds is 0. The van der Waals surface area contributed by atoms with Gasteiger partial charge in [0.05, 0.1) is 0 Å². The van der Waals surface area contributed by atoms with Crippen LogP contribution in [0.4, 0.5) is 0 Å². The van der Waals surface area contributed by atoms with Gasteiger partial charge in [0, 0.05) is 11.1 Å². The van der Waals surface area contributed by atoms with Gasteiger partial charge in [-0.05, 0) is 50.5 Å². The summed E-state index contributed by atoms with van der Waals surface area (Å²) in [5.74, 6) is 0. The van der Waals surface area contributed by atoms with E-state index in [1.807, 2.05) is 0 Å². The van der Waals surface area contributed by atoms with Crippen molar-refractivity contribution in [2.24, 2.45) is 0 Å². The summed E-state index contributed by atoms with van der Waals surface area (Å²) in [6, 6.07) is 0. The maximum atomic E-state index is 11.9. The Balaban J connectivity index is 2.20. The van der Waals surface area contributed by atoms with Crippen molar-refractivity contribution in [1.82, 2.24) is 0 Å². The van der Waals surface area contributed by atoms with E-state index >= 15 is 0 Å². The number of aryl methyl sites for hydroxylation is 1. The number of hydrogen-bond donors (Lipinski definition) is 1. The highest BCUT2D eigenvalue weighted by atomic mass is 16.5. The van der Waals surface area contributed by atoms with E-state index in [2.05, 4.69) is 0 Å². The minimum absolute atomic E-state index is 0.548. The van der Waals surface area contributed by atoms with Crippen LogP contribution in [-0.2, 0) is 19.3 Å². The van der Waals surface area contributed by atoms with Gasteiger partial charge < -0.3 is 10.3 Å². The minimum atomic E-state index is -0.548. The van der Waals surface area contributed by atoms with Crippen LogP contribution in [-0.4, -0.2) is 5.11 Å². The largest absolute Gasteiger partial charge is 0.618 e. The molecule has 0 aliphatic heterocycles. The molecular formula is C13H17NO2. The number of aliphatic hydroxyl groups is 1. The first kappa shape index (κ1) is 10.1. The summed E-state index contributed by atoms with van der Waals surface area (Å²) >= 11 is 0. The Morgan fingerprint density at radius 3 is 2.75 bits per heavy atom. The van der Waals surface area contributed by atoms with Crippen molar-refractivity contribution in [1.29, 1.82) is 0 Å². The number of fused-ring (bicyclic) bond motifs is 3. The van der Waals surface area contributed by atoms with Crippen LogP contribution in [0.3, 0.4) is 0 Å². The Morgan fingerprint density at radius 2 is 1.88 bits per heavy atom. The second-order valence-corrected chi connectivity index (χ2v) is 4.94. The molecule has 1 atom stereocenters. The number of pyridine rings is 1. The van der Waals surface area contributed by atoms with Crippen molar-refractivity contribution in [3.63, 3.8) is 0 Å². The van der Waals surface area contributed by atoms with Crippen molar-refractivity contribution >= 4 is 0 Å². The average molecular weight is 219 g/mol. The molecule has 2 aliphatic carbocycles. The highest BCUT2D eigenvalue weighted by molar-refractivity contribution is 5.37. The molecule has 0 saturated carbocycles. The highest BCUT2D eigenvalue weighted by Crippen LogP contribution is 2.33. The molecule has 3 nitrogen and oxygen atoms in total. The lowest BCUT2D eigenvalue weighted by molar-refractivity contribution is -0.620. The van der Waals surface area contributed by atoms with Crippen LogP contribution in [0, 0.1) is 5.21 Å². The third-order valence-electron chi connectivity index (χ3n) is 3.91. The van der Waals surface area contributed by atoms with Crippen LogP contribution in [0.1, 0.15) is 54.2 Å². The molecule has 1 N–H and O–H groups in total. The molecule has 2 aliphatic rings. The Kier molecular flexibility index (Phi) is 2.36. The Labute approximate surface area is 95.3 Å². The van der Waals surface area contributed by atoms with E-state index in [1.54, 1.807) is 6.20 Å². The van der Waals surface area contributed by atoms with E-state index in [-0.39, 0.29) is 0 Å². The van der Waals surface area contributed by atoms with Gasteiger partial charge in [-0.3, -0.25) is 0 Å². The molecule has 1 aromatic heterocycles. The quantitative estimate of drug-likeness (QED) is 0.532. The normalized spacial score (nSPS) is 23.7. The lowest BCUT2D eigenvalue weighted by atomic mass is 9.83. The topological polar surface area (TPSA) is 47.2 Å². The van der Waals surface area contributed by atoms with Gasteiger partial charge in [0.15, 0.2) is 6.20 Å². The first-order chi connectivity index (χ1) is 7.77. The summed E-state index contributed by atoms with van der Waals surface area (Å²) in [6.07, 6.45) is 8.38. The maximum absolute atomic E-state index is 11.9. The standard InChI is InChI=1S/C13H17NO2/c15-12-7-3-6-11-10-5-2-1-4-9(10)8-14(16)13(11)12/h8,12,15H,1-7H2. The van der Waals surface area contributed by atoms with E-state index in [0.29, 0.717) is 5.69 Å². The molecule has 1 aromatic rings. The van der Waals surface area contributed by atoms with E-state index < -0.39 is 6.10 Å². The molecule has 0 aromatic carbocycles. The van der Waals surface area contributed by atoms with Gasteiger partial charge in [0.1, 0.15) is 6.10 Å². The van der Waals surface area contributed by atoms with Crippen molar-refractivity contribution in [2.75, 3.05) is 0 Å². The highest BCUT2D eigenvalue weighted by Gasteiger charge is 2.31. The molecule has 1 unspecified atom stereocenters. The molecule has 3 rings (SSSR count). The second-order valence-electron chi connectivity index (χ2n) is 4.94. The van der Waals surface area contributed by atoms with Crippen LogP contribution >= 0.6 is 0 Å². The summed E-state index contributed by atoms with van der Waals surface area (Å²) in [7, 11) is 0. The van der Waals surface area contributed by atoms with Crippen LogP contribution in [0.2, 0.25) is 0 Å². The zero-order chi connectivity index (χ0) is 11.1. The van der Waals surface area contributed by atoms with Gasteiger partial charge in [0.2, 0.25) is 5.69 Å². The molecule has 0 saturated heterocycles. The SMILES string of the molecule is [O-][n+]1cc2c(c3c1C(O)CCC3)CCCC2. The minimum Gasteiger partial charge on any atom is -0.618 e. The van der Waals surface area contributed by atoms with E-state index in [0.717, 1.165) is 42.4 Å². The first-order valence-corrected chi connectivity index (χ1v) is 6.22. The van der Waals surface area contributed by atoms with Gasteiger partial charge in [-0.15, -0.1) is 0 Å². The fourth-order valence-electron chi connectivity index (χ4n) is 3.15. The lowest BCUT2D eigenvalue weighted by Crippen LogP contribution is -2.38. The Bertz CT molecular complexity index is 428. The molecular weight excluding hydrogens is 202 g/mol. The molecule has 3 heteroatoms. The van der Waals surface area contributed by atoms with Gasteiger partial charge in [0.25, 0.3) is 0 Å². The fraction of sp³-hybridized carbons (Fsp3) is 0.615. The fourth-order valence-corrected chi connectivity index (χ4v) is 3.15. The zero-order valence-electron chi connectivity index (χ0n) is 9.41. The van der Waals surface area contributed by atoms with Crippen LogP contribution in [0.5, 0.6) is 0 Å². The molecule has 0 radical (unpaired) electrons. The third kappa shape index (κ3) is 1.42. The van der Waals surface area contributed by atoms with Crippen molar-refractivity contribution in [2.45, 2.75) is 51.0 Å². The average Bonchev–Trinajstić information content (AvgIpc) is 2.29. The summed E-state index contributed by atoms with van der Waals surface area (Å²) in [5.41, 5.74) is 4.37. The summed E-state index contributed by atoms with van der Waals surface area (Å²) < 4.78 is 0.920. The van der Waals surface area contributed by atoms with Gasteiger partial charge in [-0.25, -0.2) is 0 Å². The summed E-state index contributed by atoms with van der Waals surface area (Å²) in [5, 5.41) is 21.8. The number of aliphatic hydroxyl groups excluding tert-OH is 1. The summed E-state index contributed by atoms with van der Waals surface area (Å²) in [6.45, 7) is 0. The monoisotopic (exact) mass is 219 g/mol. The molecule has 0 bridgehead atoms. The molecule has 0 amide bonds.